The van der Waals surface area contributed by atoms with Gasteiger partial charge in [-0.05, 0) is 105 Å². The topological polar surface area (TPSA) is 252 Å². The van der Waals surface area contributed by atoms with Crippen LogP contribution in [0, 0.1) is 35.4 Å². The zero-order valence-electron chi connectivity index (χ0n) is 38.1. The van der Waals surface area contributed by atoms with Gasteiger partial charge in [-0.2, -0.15) is 10.2 Å². The highest BCUT2D eigenvalue weighted by atomic mass is 32.2. The molecule has 17 nitrogen and oxygen atoms in total. The lowest BCUT2D eigenvalue weighted by atomic mass is 9.91. The van der Waals surface area contributed by atoms with Gasteiger partial charge in [0.25, 0.3) is 11.8 Å². The normalized spacial score (nSPS) is 17.9. The number of aliphatic hydroxyl groups is 2. The fraction of sp³-hybridized carbons (Fsp3) is 0.347. The van der Waals surface area contributed by atoms with Crippen molar-refractivity contribution in [1.29, 1.82) is 0 Å². The number of fused-ring (bicyclic) bond motifs is 2. The van der Waals surface area contributed by atoms with Crippen LogP contribution in [0.15, 0.2) is 91.3 Å². The molecule has 0 bridgehead atoms. The molecule has 2 aromatic heterocycles. The molecule has 1 saturated heterocycles. The number of hydroxylamine groups is 2. The van der Waals surface area contributed by atoms with Gasteiger partial charge in [-0.1, -0.05) is 47.9 Å². The summed E-state index contributed by atoms with van der Waals surface area (Å²) in [7, 11) is -7.61. The third-order valence-corrected chi connectivity index (χ3v) is 17.0. The van der Waals surface area contributed by atoms with Crippen molar-refractivity contribution >= 4 is 53.3 Å². The van der Waals surface area contributed by atoms with Gasteiger partial charge in [0.2, 0.25) is 0 Å². The van der Waals surface area contributed by atoms with Crippen molar-refractivity contribution in [3.8, 4) is 23.7 Å². The molecule has 0 radical (unpaired) electrons. The Morgan fingerprint density at radius 1 is 0.754 bits per heavy atom. The Morgan fingerprint density at radius 3 is 1.74 bits per heavy atom. The number of ether oxygens (including phenoxy) is 1. The lowest BCUT2D eigenvalue weighted by Gasteiger charge is -2.36. The van der Waals surface area contributed by atoms with Gasteiger partial charge in [0.1, 0.15) is 11.4 Å². The summed E-state index contributed by atoms with van der Waals surface area (Å²) in [4.78, 5) is 24.0. The molecule has 1 aliphatic carbocycles. The predicted molar refractivity (Wildman–Crippen MR) is 253 cm³/mol. The summed E-state index contributed by atoms with van der Waals surface area (Å²) in [5, 5.41) is 47.6. The van der Waals surface area contributed by atoms with Gasteiger partial charge in [0.15, 0.2) is 29.2 Å². The first-order chi connectivity index (χ1) is 32.6. The van der Waals surface area contributed by atoms with Crippen LogP contribution in [0.25, 0.3) is 21.8 Å². The number of benzene rings is 4. The standard InChI is InChI=1S/C25H27N3O5S.C24H24FN3O6S/c1-25(24(30)27-31,34(2,32)33)11-12-28-15-20-13-18(7-10-23(20)26-28)4-3-17-5-8-19(9-6-17)22-14-21(22)16-29;1-23(22(29)27-31,35(2,32)33)9-10-28-13-18-11-17(20(25)12-21(18)26-28)6-3-16-4-7-19(8-5-16)24(30)14-34-15-24/h5-10,13,15,21-22,29,31H,11-12,14,16H2,1-2H3,(H,27,30);4-5,7-8,11-13,30-31H,9-10,14-15H2,1-2H3,(H,27,29)/t21-,22?,25?;23-/m01/s1. The zero-order chi connectivity index (χ0) is 49.9. The molecule has 69 heavy (non-hydrogen) atoms. The number of sulfone groups is 2. The van der Waals surface area contributed by atoms with E-state index in [1.54, 1.807) is 47.4 Å². The highest BCUT2D eigenvalue weighted by Crippen LogP contribution is 2.46. The van der Waals surface area contributed by atoms with Crippen LogP contribution in [0.1, 0.15) is 72.4 Å². The van der Waals surface area contributed by atoms with E-state index in [0.717, 1.165) is 46.5 Å². The number of nitrogens with one attached hydrogen (secondary N) is 2. The van der Waals surface area contributed by atoms with E-state index in [0.29, 0.717) is 28.3 Å². The van der Waals surface area contributed by atoms with Gasteiger partial charge < -0.3 is 14.9 Å². The lowest BCUT2D eigenvalue weighted by Crippen LogP contribution is -2.49. The van der Waals surface area contributed by atoms with Crippen molar-refractivity contribution in [2.45, 2.75) is 67.2 Å². The van der Waals surface area contributed by atoms with E-state index in [-0.39, 0.29) is 51.3 Å². The van der Waals surface area contributed by atoms with Crippen LogP contribution in [0.2, 0.25) is 0 Å². The van der Waals surface area contributed by atoms with Gasteiger partial charge in [-0.3, -0.25) is 29.4 Å². The average molecular weight is 983 g/mol. The summed E-state index contributed by atoms with van der Waals surface area (Å²) in [5.74, 6) is 10.3. The highest BCUT2D eigenvalue weighted by Gasteiger charge is 2.44. The van der Waals surface area contributed by atoms with Gasteiger partial charge >= 0.3 is 0 Å². The smallest absolute Gasteiger partial charge is 0.264 e. The number of carbonyl (C=O) groups is 2. The van der Waals surface area contributed by atoms with Crippen molar-refractivity contribution in [3.63, 3.8) is 0 Å². The molecule has 0 spiro atoms. The number of carbonyl (C=O) groups excluding carboxylic acids is 2. The summed E-state index contributed by atoms with van der Waals surface area (Å²) < 4.78 is 67.6. The monoisotopic (exact) mass is 982 g/mol. The fourth-order valence-corrected chi connectivity index (χ4v) is 9.37. The SMILES string of the molecule is CC(CCn1cc2cc(C#Cc3ccc(C4C[C@H]4CO)cc3)ccc2n1)(C(=O)NO)S(C)(=O)=O.C[C@@](CCn1cc2cc(C#Cc3ccc(C4(O)COC4)cc3)c(F)cc2n1)(C(=O)NO)S(C)(=O)=O. The van der Waals surface area contributed by atoms with E-state index >= 15 is 0 Å². The lowest BCUT2D eigenvalue weighted by molar-refractivity contribution is -0.184. The maximum atomic E-state index is 14.6. The number of amides is 2. The first-order valence-corrected chi connectivity index (χ1v) is 25.5. The first-order valence-electron chi connectivity index (χ1n) is 21.7. The van der Waals surface area contributed by atoms with E-state index < -0.39 is 52.4 Å². The molecule has 2 aliphatic rings. The van der Waals surface area contributed by atoms with Crippen molar-refractivity contribution in [1.82, 2.24) is 30.5 Å². The quantitative estimate of drug-likeness (QED) is 0.0549. The van der Waals surface area contributed by atoms with Crippen LogP contribution in [0.5, 0.6) is 0 Å². The van der Waals surface area contributed by atoms with Gasteiger partial charge in [0, 0.05) is 78.1 Å². The van der Waals surface area contributed by atoms with E-state index in [4.69, 9.17) is 15.2 Å². The van der Waals surface area contributed by atoms with Crippen molar-refractivity contribution < 1.29 is 56.2 Å². The molecule has 6 N–H and O–H groups in total. The number of halogens is 1. The second-order valence-corrected chi connectivity index (χ2v) is 22.7. The molecule has 20 heteroatoms. The van der Waals surface area contributed by atoms with E-state index in [1.165, 1.54) is 41.1 Å². The minimum atomic E-state index is -3.84. The molecule has 6 aromatic rings. The maximum Gasteiger partial charge on any atom is 0.264 e. The summed E-state index contributed by atoms with van der Waals surface area (Å²) in [6.07, 6.45) is 6.11. The second kappa shape index (κ2) is 19.9. The van der Waals surface area contributed by atoms with Crippen LogP contribution in [-0.2, 0) is 52.7 Å². The Morgan fingerprint density at radius 2 is 1.25 bits per heavy atom. The molecule has 2 amide bonds. The number of rotatable bonds is 13. The fourth-order valence-electron chi connectivity index (χ4n) is 7.68. The molecule has 4 aromatic carbocycles. The number of aliphatic hydroxyl groups excluding tert-OH is 1. The maximum absolute atomic E-state index is 14.6. The Hall–Kier alpha value is -6.49. The Labute approximate surface area is 398 Å². The zero-order valence-corrected chi connectivity index (χ0v) is 39.7. The molecule has 362 valence electrons. The molecule has 8 rings (SSSR count). The summed E-state index contributed by atoms with van der Waals surface area (Å²) >= 11 is 0. The minimum absolute atomic E-state index is 0.0397. The summed E-state index contributed by atoms with van der Waals surface area (Å²) in [5.41, 5.74) is 7.47. The van der Waals surface area contributed by atoms with Crippen molar-refractivity contribution in [3.05, 3.63) is 130 Å². The van der Waals surface area contributed by atoms with Crippen LogP contribution in [0.3, 0.4) is 0 Å². The molecule has 3 heterocycles. The van der Waals surface area contributed by atoms with Gasteiger partial charge in [0.05, 0.1) is 29.8 Å². The van der Waals surface area contributed by atoms with Crippen LogP contribution >= 0.6 is 0 Å². The van der Waals surface area contributed by atoms with Crippen molar-refractivity contribution in [2.24, 2.45) is 5.92 Å². The first kappa shape index (κ1) is 50.4. The Balaban J connectivity index is 0.000000204. The second-order valence-electron chi connectivity index (χ2n) is 17.8. The minimum Gasteiger partial charge on any atom is -0.396 e. The number of hydrogen-bond acceptors (Lipinski definition) is 13. The molecule has 2 fully saturated rings. The third-order valence-electron chi connectivity index (χ3n) is 12.9. The summed E-state index contributed by atoms with van der Waals surface area (Å²) in [6.45, 7) is 3.46. The number of nitrogens with zero attached hydrogens (tertiary/aromatic N) is 4. The highest BCUT2D eigenvalue weighted by molar-refractivity contribution is 7.93. The van der Waals surface area contributed by atoms with Crippen LogP contribution in [0.4, 0.5) is 4.39 Å². The predicted octanol–water partition coefficient (Wildman–Crippen LogP) is 3.72. The number of hydrogen-bond donors (Lipinski definition) is 6. The van der Waals surface area contributed by atoms with E-state index in [9.17, 15) is 41.0 Å². The largest absolute Gasteiger partial charge is 0.396 e. The van der Waals surface area contributed by atoms with Crippen molar-refractivity contribution in [2.75, 3.05) is 32.3 Å². The van der Waals surface area contributed by atoms with Crippen LogP contribution in [-0.4, -0.2) is 111 Å². The van der Waals surface area contributed by atoms with Gasteiger partial charge in [-0.15, -0.1) is 0 Å². The molecule has 4 atom stereocenters. The molecular formula is C49H51FN6O11S2. The number of aryl methyl sites for hydroxylation is 2. The Bertz CT molecular complexity index is 3280. The number of aromatic nitrogens is 4. The van der Waals surface area contributed by atoms with E-state index in [1.807, 2.05) is 30.3 Å². The van der Waals surface area contributed by atoms with E-state index in [2.05, 4.69) is 46.0 Å². The summed E-state index contributed by atoms with van der Waals surface area (Å²) in [6, 6.07) is 23.5. The Kier molecular flexibility index (Phi) is 14.5. The molecule has 2 unspecified atom stereocenters. The molecular weight excluding hydrogens is 932 g/mol. The molecule has 1 aliphatic heterocycles. The molecule has 1 saturated carbocycles. The average Bonchev–Trinajstić information content (AvgIpc) is 3.83. The third kappa shape index (κ3) is 11.0. The van der Waals surface area contributed by atoms with Gasteiger partial charge in [-0.25, -0.2) is 32.2 Å². The van der Waals surface area contributed by atoms with Crippen LogP contribution < -0.4 is 11.0 Å².